The Morgan fingerprint density at radius 3 is 2.62 bits per heavy atom. The highest BCUT2D eigenvalue weighted by atomic mass is 127. The van der Waals surface area contributed by atoms with E-state index in [-0.39, 0.29) is 35.3 Å². The maximum absolute atomic E-state index is 11.2. The average Bonchev–Trinajstić information content (AvgIpc) is 2.55. The summed E-state index contributed by atoms with van der Waals surface area (Å²) in [4.78, 5) is 17.9. The molecule has 1 atom stereocenters. The van der Waals surface area contributed by atoms with Crippen molar-refractivity contribution >= 4 is 47.4 Å². The van der Waals surface area contributed by atoms with Gasteiger partial charge in [0, 0.05) is 43.5 Å². The summed E-state index contributed by atoms with van der Waals surface area (Å²) in [6.45, 7) is 6.93. The zero-order valence-electron chi connectivity index (χ0n) is 15.8. The van der Waals surface area contributed by atoms with Crippen LogP contribution in [0.25, 0.3) is 0 Å². The van der Waals surface area contributed by atoms with Crippen molar-refractivity contribution in [1.29, 1.82) is 0 Å². The number of piperidine rings is 1. The van der Waals surface area contributed by atoms with Crippen molar-refractivity contribution in [2.75, 3.05) is 26.7 Å². The second-order valence-electron chi connectivity index (χ2n) is 7.42. The van der Waals surface area contributed by atoms with Gasteiger partial charge in [0.1, 0.15) is 0 Å². The first-order chi connectivity index (χ1) is 11.8. The first kappa shape index (κ1) is 23.0. The number of halogens is 2. The Labute approximate surface area is 178 Å². The van der Waals surface area contributed by atoms with Crippen molar-refractivity contribution in [2.45, 2.75) is 38.5 Å². The number of primary amides is 1. The predicted molar refractivity (Wildman–Crippen MR) is 119 cm³/mol. The zero-order chi connectivity index (χ0) is 18.4. The van der Waals surface area contributed by atoms with E-state index < -0.39 is 0 Å². The number of hydrogen-bond acceptors (Lipinski definition) is 2. The smallest absolute Gasteiger partial charge is 0.217 e. The number of guanidine groups is 1. The summed E-state index contributed by atoms with van der Waals surface area (Å²) in [5.74, 6) is 0.976. The van der Waals surface area contributed by atoms with Gasteiger partial charge in [-0.2, -0.15) is 0 Å². The highest BCUT2D eigenvalue weighted by Gasteiger charge is 2.26. The summed E-state index contributed by atoms with van der Waals surface area (Å²) in [6, 6.07) is 7.98. The molecule has 1 aromatic carbocycles. The molecule has 1 amide bonds. The summed E-state index contributed by atoms with van der Waals surface area (Å²) in [7, 11) is 1.80. The topological polar surface area (TPSA) is 70.7 Å². The molecule has 0 aromatic heterocycles. The van der Waals surface area contributed by atoms with E-state index in [1.807, 2.05) is 12.1 Å². The summed E-state index contributed by atoms with van der Waals surface area (Å²) >= 11 is 5.99. The van der Waals surface area contributed by atoms with Crippen LogP contribution < -0.4 is 11.1 Å². The van der Waals surface area contributed by atoms with Crippen LogP contribution in [0.2, 0.25) is 5.02 Å². The number of carbonyl (C=O) groups is 1. The number of benzene rings is 1. The summed E-state index contributed by atoms with van der Waals surface area (Å²) in [5.41, 5.74) is 6.53. The fraction of sp³-hybridized carbons (Fsp3) is 0.579. The van der Waals surface area contributed by atoms with Crippen molar-refractivity contribution < 1.29 is 4.79 Å². The quantitative estimate of drug-likeness (QED) is 0.376. The van der Waals surface area contributed by atoms with E-state index in [2.05, 4.69) is 41.2 Å². The molecule has 1 saturated heterocycles. The van der Waals surface area contributed by atoms with Gasteiger partial charge in [0.15, 0.2) is 5.96 Å². The van der Waals surface area contributed by atoms with Gasteiger partial charge in [-0.3, -0.25) is 9.79 Å². The number of hydrogen-bond donors (Lipinski definition) is 2. The molecule has 1 aromatic rings. The maximum atomic E-state index is 11.2. The van der Waals surface area contributed by atoms with Crippen LogP contribution >= 0.6 is 35.6 Å². The molecule has 26 heavy (non-hydrogen) atoms. The van der Waals surface area contributed by atoms with Crippen molar-refractivity contribution in [1.82, 2.24) is 10.2 Å². The average molecular weight is 493 g/mol. The normalized spacial score (nSPS) is 18.2. The van der Waals surface area contributed by atoms with E-state index >= 15 is 0 Å². The van der Waals surface area contributed by atoms with Crippen LogP contribution in [0.15, 0.2) is 29.3 Å². The molecule has 5 nitrogen and oxygen atoms in total. The van der Waals surface area contributed by atoms with Crippen LogP contribution in [0.4, 0.5) is 0 Å². The lowest BCUT2D eigenvalue weighted by molar-refractivity contribution is -0.119. The van der Waals surface area contributed by atoms with E-state index in [1.54, 1.807) is 7.05 Å². The third kappa shape index (κ3) is 6.61. The van der Waals surface area contributed by atoms with Gasteiger partial charge >= 0.3 is 0 Å². The molecule has 1 aliphatic heterocycles. The number of likely N-dealkylation sites (tertiary alicyclic amines) is 1. The Balaban J connectivity index is 0.00000338. The van der Waals surface area contributed by atoms with Crippen LogP contribution in [0.1, 0.15) is 38.7 Å². The van der Waals surface area contributed by atoms with Crippen LogP contribution in [0.5, 0.6) is 0 Å². The number of nitrogens with zero attached hydrogens (tertiary/aromatic N) is 2. The molecular formula is C19H30ClIN4O. The molecule has 7 heteroatoms. The van der Waals surface area contributed by atoms with Crippen LogP contribution in [0, 0.1) is 5.92 Å². The summed E-state index contributed by atoms with van der Waals surface area (Å²) in [6.07, 6.45) is 2.55. The SMILES string of the molecule is CN=C(NCC(C)(C)c1ccc(Cl)cc1)N1CCCC(CC(N)=O)C1.I. The first-order valence-electron chi connectivity index (χ1n) is 8.82. The number of rotatable bonds is 5. The lowest BCUT2D eigenvalue weighted by Crippen LogP contribution is -2.49. The lowest BCUT2D eigenvalue weighted by atomic mass is 9.84. The van der Waals surface area contributed by atoms with Gasteiger partial charge in [-0.05, 0) is 36.5 Å². The molecule has 1 unspecified atom stereocenters. The van der Waals surface area contributed by atoms with E-state index in [0.717, 1.165) is 43.5 Å². The minimum Gasteiger partial charge on any atom is -0.370 e. The molecule has 1 heterocycles. The summed E-state index contributed by atoms with van der Waals surface area (Å²) in [5, 5.41) is 4.24. The van der Waals surface area contributed by atoms with Crippen molar-refractivity contribution in [3.05, 3.63) is 34.9 Å². The predicted octanol–water partition coefficient (Wildman–Crippen LogP) is 3.40. The van der Waals surface area contributed by atoms with E-state index in [1.165, 1.54) is 5.56 Å². The molecule has 0 saturated carbocycles. The minimum atomic E-state index is -0.223. The third-order valence-electron chi connectivity index (χ3n) is 4.83. The molecule has 0 spiro atoms. The Morgan fingerprint density at radius 2 is 2.04 bits per heavy atom. The summed E-state index contributed by atoms with van der Waals surface area (Å²) < 4.78 is 0. The largest absolute Gasteiger partial charge is 0.370 e. The number of aliphatic imine (C=N–C) groups is 1. The highest BCUT2D eigenvalue weighted by Crippen LogP contribution is 2.24. The molecule has 3 N–H and O–H groups in total. The Morgan fingerprint density at radius 1 is 1.38 bits per heavy atom. The first-order valence-corrected chi connectivity index (χ1v) is 9.19. The van der Waals surface area contributed by atoms with E-state index in [0.29, 0.717) is 12.3 Å². The van der Waals surface area contributed by atoms with Crippen LogP contribution in [0.3, 0.4) is 0 Å². The van der Waals surface area contributed by atoms with Gasteiger partial charge in [-0.15, -0.1) is 24.0 Å². The fourth-order valence-corrected chi connectivity index (χ4v) is 3.47. The van der Waals surface area contributed by atoms with E-state index in [4.69, 9.17) is 17.3 Å². The van der Waals surface area contributed by atoms with Gasteiger partial charge in [0.2, 0.25) is 5.91 Å². The van der Waals surface area contributed by atoms with Crippen LogP contribution in [-0.4, -0.2) is 43.4 Å². The number of carbonyl (C=O) groups excluding carboxylic acids is 1. The molecule has 146 valence electrons. The van der Waals surface area contributed by atoms with Gasteiger partial charge in [-0.25, -0.2) is 0 Å². The van der Waals surface area contributed by atoms with Crippen LogP contribution in [-0.2, 0) is 10.2 Å². The molecule has 0 aliphatic carbocycles. The fourth-order valence-electron chi connectivity index (χ4n) is 3.34. The molecule has 0 radical (unpaired) electrons. The lowest BCUT2D eigenvalue weighted by Gasteiger charge is -2.36. The van der Waals surface area contributed by atoms with Gasteiger partial charge in [0.05, 0.1) is 0 Å². The number of nitrogens with one attached hydrogen (secondary N) is 1. The van der Waals surface area contributed by atoms with E-state index in [9.17, 15) is 4.79 Å². The van der Waals surface area contributed by atoms with Gasteiger partial charge < -0.3 is 16.0 Å². The molecule has 2 rings (SSSR count). The number of amides is 1. The Kier molecular flexibility index (Phi) is 9.16. The Bertz CT molecular complexity index is 618. The maximum Gasteiger partial charge on any atom is 0.217 e. The third-order valence-corrected chi connectivity index (χ3v) is 5.09. The van der Waals surface area contributed by atoms with Gasteiger partial charge in [-0.1, -0.05) is 37.6 Å². The zero-order valence-corrected chi connectivity index (χ0v) is 18.9. The van der Waals surface area contributed by atoms with Crippen molar-refractivity contribution in [2.24, 2.45) is 16.6 Å². The van der Waals surface area contributed by atoms with Gasteiger partial charge in [0.25, 0.3) is 0 Å². The minimum absolute atomic E-state index is 0. The molecule has 1 aliphatic rings. The highest BCUT2D eigenvalue weighted by molar-refractivity contribution is 14.0. The second-order valence-corrected chi connectivity index (χ2v) is 7.85. The number of nitrogens with two attached hydrogens (primary N) is 1. The molecular weight excluding hydrogens is 463 g/mol. The van der Waals surface area contributed by atoms with Crippen molar-refractivity contribution in [3.63, 3.8) is 0 Å². The van der Waals surface area contributed by atoms with Crippen molar-refractivity contribution in [3.8, 4) is 0 Å². The Hall–Kier alpha value is -1.02. The monoisotopic (exact) mass is 492 g/mol. The standard InChI is InChI=1S/C19H29ClN4O.HI/c1-19(2,15-6-8-16(20)9-7-15)13-23-18(22-3)24-10-4-5-14(12-24)11-17(21)25;/h6-9,14H,4-5,10-13H2,1-3H3,(H2,21,25)(H,22,23);1H. The molecule has 0 bridgehead atoms. The second kappa shape index (κ2) is 10.3. The molecule has 1 fully saturated rings.